The number of carbonyl (C=O) groups is 3. The quantitative estimate of drug-likeness (QED) is 0.442. The van der Waals surface area contributed by atoms with Gasteiger partial charge in [0, 0.05) is 49.7 Å². The number of anilines is 2. The number of nitrogens with one attached hydrogen (secondary N) is 2. The van der Waals surface area contributed by atoms with E-state index >= 15 is 0 Å². The number of rotatable bonds is 8. The van der Waals surface area contributed by atoms with E-state index in [-0.39, 0.29) is 23.8 Å². The van der Waals surface area contributed by atoms with Crippen LogP contribution in [0.2, 0.25) is 0 Å². The molecule has 4 amide bonds. The fourth-order valence-corrected chi connectivity index (χ4v) is 3.98. The van der Waals surface area contributed by atoms with Crippen molar-refractivity contribution in [3.8, 4) is 0 Å². The fraction of sp³-hybridized carbons (Fsp3) is 0.400. The number of piperidine rings is 1. The van der Waals surface area contributed by atoms with Crippen molar-refractivity contribution in [1.29, 1.82) is 0 Å². The van der Waals surface area contributed by atoms with Crippen molar-refractivity contribution in [3.63, 3.8) is 0 Å². The van der Waals surface area contributed by atoms with E-state index in [0.29, 0.717) is 49.7 Å². The first kappa shape index (κ1) is 25.0. The average Bonchev–Trinajstić information content (AvgIpc) is 2.85. The molecule has 34 heavy (non-hydrogen) atoms. The van der Waals surface area contributed by atoms with E-state index in [1.54, 1.807) is 34.1 Å². The Hall–Kier alpha value is -3.59. The molecule has 0 radical (unpaired) electrons. The first-order chi connectivity index (χ1) is 16.4. The first-order valence-electron chi connectivity index (χ1n) is 11.5. The number of aryl methyl sites for hydroxylation is 1. The maximum absolute atomic E-state index is 13.2. The van der Waals surface area contributed by atoms with Crippen molar-refractivity contribution < 1.29 is 19.5 Å². The van der Waals surface area contributed by atoms with E-state index in [0.717, 1.165) is 18.4 Å². The van der Waals surface area contributed by atoms with Gasteiger partial charge in [0.1, 0.15) is 6.61 Å². The number of hydrogen-bond donors (Lipinski definition) is 4. The van der Waals surface area contributed by atoms with Crippen LogP contribution in [-0.2, 0) is 4.79 Å². The number of aliphatic hydroxyl groups is 1. The Balaban J connectivity index is 1.58. The molecular formula is C25H33N5O4. The number of amides is 4. The lowest BCUT2D eigenvalue weighted by atomic mass is 9.95. The average molecular weight is 468 g/mol. The number of urea groups is 1. The summed E-state index contributed by atoms with van der Waals surface area (Å²) in [6, 6.07) is 14.0. The van der Waals surface area contributed by atoms with Gasteiger partial charge in [0.15, 0.2) is 0 Å². The predicted octanol–water partition coefficient (Wildman–Crippen LogP) is 2.07. The Labute approximate surface area is 199 Å². The summed E-state index contributed by atoms with van der Waals surface area (Å²) in [4.78, 5) is 40.6. The maximum atomic E-state index is 13.2. The van der Waals surface area contributed by atoms with Crippen LogP contribution in [0.3, 0.4) is 0 Å². The molecule has 1 heterocycles. The lowest BCUT2D eigenvalue weighted by Crippen LogP contribution is -2.45. The molecule has 9 heteroatoms. The molecule has 0 aliphatic carbocycles. The third kappa shape index (κ3) is 7.21. The third-order valence-electron chi connectivity index (χ3n) is 6.00. The molecule has 1 saturated heterocycles. The van der Waals surface area contributed by atoms with Crippen LogP contribution in [0.4, 0.5) is 16.2 Å². The molecular weight excluding hydrogens is 434 g/mol. The van der Waals surface area contributed by atoms with Crippen molar-refractivity contribution >= 4 is 29.2 Å². The summed E-state index contributed by atoms with van der Waals surface area (Å²) in [6.45, 7) is 3.77. The number of aliphatic hydroxyl groups excluding tert-OH is 1. The van der Waals surface area contributed by atoms with Crippen molar-refractivity contribution in [2.75, 3.05) is 50.4 Å². The molecule has 0 bridgehead atoms. The van der Waals surface area contributed by atoms with Crippen LogP contribution >= 0.6 is 0 Å². The highest BCUT2D eigenvalue weighted by atomic mass is 16.3. The zero-order valence-corrected chi connectivity index (χ0v) is 19.5. The zero-order valence-electron chi connectivity index (χ0n) is 19.5. The Bertz CT molecular complexity index is 970. The van der Waals surface area contributed by atoms with Crippen molar-refractivity contribution in [2.45, 2.75) is 19.8 Å². The van der Waals surface area contributed by atoms with E-state index in [2.05, 4.69) is 10.6 Å². The van der Waals surface area contributed by atoms with E-state index in [1.807, 2.05) is 31.2 Å². The van der Waals surface area contributed by atoms with Crippen molar-refractivity contribution in [1.82, 2.24) is 15.1 Å². The second-order valence-corrected chi connectivity index (χ2v) is 8.60. The number of hydrogen-bond acceptors (Lipinski definition) is 5. The summed E-state index contributed by atoms with van der Waals surface area (Å²) in [5.74, 6) is -0.173. The highest BCUT2D eigenvalue weighted by Gasteiger charge is 2.26. The smallest absolute Gasteiger partial charge is 0.319 e. The summed E-state index contributed by atoms with van der Waals surface area (Å²) in [7, 11) is 0. The Morgan fingerprint density at radius 3 is 2.32 bits per heavy atom. The van der Waals surface area contributed by atoms with Crippen LogP contribution in [-0.4, -0.2) is 72.1 Å². The molecule has 3 rings (SSSR count). The highest BCUT2D eigenvalue weighted by Crippen LogP contribution is 2.20. The molecule has 9 nitrogen and oxygen atoms in total. The standard InChI is InChI=1S/C25H33N5O4/c1-18-2-8-22(9-3-18)28-25(34)27-12-15-30(24(33)20-4-6-21(26)7-5-20)16-19-10-13-29(14-11-19)23(32)17-31/h2-9,19,31H,10-17,26H2,1H3,(H2,27,28,34). The molecule has 1 aliphatic heterocycles. The summed E-state index contributed by atoms with van der Waals surface area (Å²) in [5.41, 5.74) is 8.67. The molecule has 5 N–H and O–H groups in total. The Morgan fingerprint density at radius 2 is 1.71 bits per heavy atom. The number of benzene rings is 2. The van der Waals surface area contributed by atoms with Gasteiger partial charge in [-0.1, -0.05) is 17.7 Å². The minimum atomic E-state index is -0.483. The van der Waals surface area contributed by atoms with Crippen molar-refractivity contribution in [2.24, 2.45) is 5.92 Å². The minimum Gasteiger partial charge on any atom is -0.399 e. The molecule has 1 aliphatic rings. The van der Waals surface area contributed by atoms with Crippen LogP contribution in [0.1, 0.15) is 28.8 Å². The van der Waals surface area contributed by atoms with Crippen LogP contribution < -0.4 is 16.4 Å². The number of likely N-dealkylation sites (tertiary alicyclic amines) is 1. The molecule has 0 saturated carbocycles. The van der Waals surface area contributed by atoms with Crippen LogP contribution in [0, 0.1) is 12.8 Å². The van der Waals surface area contributed by atoms with E-state index in [9.17, 15) is 14.4 Å². The molecule has 1 fully saturated rings. The molecule has 2 aromatic rings. The Kier molecular flexibility index (Phi) is 8.86. The first-order valence-corrected chi connectivity index (χ1v) is 11.5. The number of nitrogens with two attached hydrogens (primary N) is 1. The largest absolute Gasteiger partial charge is 0.399 e. The maximum Gasteiger partial charge on any atom is 0.319 e. The topological polar surface area (TPSA) is 128 Å². The summed E-state index contributed by atoms with van der Waals surface area (Å²) < 4.78 is 0. The third-order valence-corrected chi connectivity index (χ3v) is 6.00. The van der Waals surface area contributed by atoms with Gasteiger partial charge < -0.3 is 31.3 Å². The lowest BCUT2D eigenvalue weighted by Gasteiger charge is -2.35. The summed E-state index contributed by atoms with van der Waals surface area (Å²) >= 11 is 0. The second kappa shape index (κ2) is 12.0. The van der Waals surface area contributed by atoms with Gasteiger partial charge in [-0.2, -0.15) is 0 Å². The molecule has 0 unspecified atom stereocenters. The molecule has 0 atom stereocenters. The van der Waals surface area contributed by atoms with Gasteiger partial charge >= 0.3 is 6.03 Å². The summed E-state index contributed by atoms with van der Waals surface area (Å²) in [6.07, 6.45) is 1.50. The van der Waals surface area contributed by atoms with Gasteiger partial charge in [0.2, 0.25) is 5.91 Å². The zero-order chi connectivity index (χ0) is 24.5. The van der Waals surface area contributed by atoms with Crippen LogP contribution in [0.5, 0.6) is 0 Å². The highest BCUT2D eigenvalue weighted by molar-refractivity contribution is 5.94. The van der Waals surface area contributed by atoms with Crippen LogP contribution in [0.15, 0.2) is 48.5 Å². The number of nitrogen functional groups attached to an aromatic ring is 1. The molecule has 0 aromatic heterocycles. The van der Waals surface area contributed by atoms with Crippen molar-refractivity contribution in [3.05, 3.63) is 59.7 Å². The second-order valence-electron chi connectivity index (χ2n) is 8.60. The minimum absolute atomic E-state index is 0.130. The van der Waals surface area contributed by atoms with Gasteiger partial charge in [-0.05, 0) is 62.1 Å². The molecule has 0 spiro atoms. The van der Waals surface area contributed by atoms with E-state index in [4.69, 9.17) is 10.8 Å². The summed E-state index contributed by atoms with van der Waals surface area (Å²) in [5, 5.41) is 14.7. The predicted molar refractivity (Wildman–Crippen MR) is 131 cm³/mol. The van der Waals surface area contributed by atoms with Crippen LogP contribution in [0.25, 0.3) is 0 Å². The monoisotopic (exact) mass is 467 g/mol. The lowest BCUT2D eigenvalue weighted by molar-refractivity contribution is -0.135. The number of nitrogens with zero attached hydrogens (tertiary/aromatic N) is 2. The van der Waals surface area contributed by atoms with Gasteiger partial charge in [0.05, 0.1) is 0 Å². The molecule has 2 aromatic carbocycles. The van der Waals surface area contributed by atoms with Gasteiger partial charge in [-0.15, -0.1) is 0 Å². The fourth-order valence-electron chi connectivity index (χ4n) is 3.98. The molecule has 182 valence electrons. The Morgan fingerprint density at radius 1 is 1.06 bits per heavy atom. The number of carbonyl (C=O) groups excluding carboxylic acids is 3. The van der Waals surface area contributed by atoms with Gasteiger partial charge in [-0.25, -0.2) is 4.79 Å². The van der Waals surface area contributed by atoms with Gasteiger partial charge in [-0.3, -0.25) is 9.59 Å². The van der Waals surface area contributed by atoms with E-state index in [1.165, 1.54) is 0 Å². The van der Waals surface area contributed by atoms with E-state index < -0.39 is 6.61 Å². The SMILES string of the molecule is Cc1ccc(NC(=O)NCCN(CC2CCN(C(=O)CO)CC2)C(=O)c2ccc(N)cc2)cc1. The normalized spacial score (nSPS) is 13.9. The van der Waals surface area contributed by atoms with Gasteiger partial charge in [0.25, 0.3) is 5.91 Å².